The molecule has 1 aliphatic rings. The van der Waals surface area contributed by atoms with Crippen LogP contribution in [0.5, 0.6) is 0 Å². The molecule has 5 nitrogen and oxygen atoms in total. The van der Waals surface area contributed by atoms with Gasteiger partial charge in [-0.15, -0.1) is 24.8 Å². The molecule has 0 bridgehead atoms. The molecular formula is C21H26Cl2N4OS. The van der Waals surface area contributed by atoms with Gasteiger partial charge in [-0.3, -0.25) is 4.79 Å². The standard InChI is InChI=1S/C21H24N4OS.2ClH/c26-21(11-18-14-27-10-9-22-18)23-12-16-5-7-17(8-6-16)13-25-15-24-19-3-1-2-4-20(19)25;;/h1-8,15,18,22H,9-14H2,(H,23,26);2*1H. The smallest absolute Gasteiger partial charge is 0.221 e. The Kier molecular flexibility index (Phi) is 9.30. The van der Waals surface area contributed by atoms with Crippen LogP contribution in [-0.2, 0) is 17.9 Å². The quantitative estimate of drug-likeness (QED) is 0.599. The van der Waals surface area contributed by atoms with Crippen molar-refractivity contribution in [2.45, 2.75) is 25.6 Å². The van der Waals surface area contributed by atoms with Gasteiger partial charge in [0.05, 0.1) is 17.4 Å². The van der Waals surface area contributed by atoms with Gasteiger partial charge in [-0.1, -0.05) is 36.4 Å². The molecule has 1 aliphatic heterocycles. The Morgan fingerprint density at radius 3 is 2.66 bits per heavy atom. The third-order valence-electron chi connectivity index (χ3n) is 4.82. The summed E-state index contributed by atoms with van der Waals surface area (Å²) in [5, 5.41) is 6.43. The minimum atomic E-state index is 0. The maximum atomic E-state index is 12.1. The van der Waals surface area contributed by atoms with Crippen molar-refractivity contribution < 1.29 is 4.79 Å². The number of amides is 1. The molecule has 1 atom stereocenters. The molecule has 1 unspecified atom stereocenters. The monoisotopic (exact) mass is 452 g/mol. The first-order chi connectivity index (χ1) is 13.3. The first kappa shape index (κ1) is 23.5. The van der Waals surface area contributed by atoms with Gasteiger partial charge >= 0.3 is 0 Å². The van der Waals surface area contributed by atoms with Gasteiger partial charge in [0, 0.05) is 43.6 Å². The summed E-state index contributed by atoms with van der Waals surface area (Å²) in [7, 11) is 0. The van der Waals surface area contributed by atoms with Gasteiger partial charge in [0.25, 0.3) is 0 Å². The van der Waals surface area contributed by atoms with Crippen LogP contribution in [-0.4, -0.2) is 39.6 Å². The van der Waals surface area contributed by atoms with Crippen LogP contribution < -0.4 is 10.6 Å². The molecule has 4 rings (SSSR count). The lowest BCUT2D eigenvalue weighted by atomic mass is 10.1. The van der Waals surface area contributed by atoms with Gasteiger partial charge in [-0.25, -0.2) is 4.98 Å². The predicted octanol–water partition coefficient (Wildman–Crippen LogP) is 3.64. The molecule has 29 heavy (non-hydrogen) atoms. The molecule has 2 heterocycles. The van der Waals surface area contributed by atoms with Gasteiger partial charge < -0.3 is 15.2 Å². The predicted molar refractivity (Wildman–Crippen MR) is 125 cm³/mol. The normalized spacial score (nSPS) is 15.9. The van der Waals surface area contributed by atoms with Crippen LogP contribution in [0, 0.1) is 0 Å². The number of thioether (sulfide) groups is 1. The van der Waals surface area contributed by atoms with Crippen molar-refractivity contribution in [3.63, 3.8) is 0 Å². The van der Waals surface area contributed by atoms with E-state index < -0.39 is 0 Å². The van der Waals surface area contributed by atoms with Crippen LogP contribution in [0.25, 0.3) is 11.0 Å². The van der Waals surface area contributed by atoms with Gasteiger partial charge in [0.2, 0.25) is 5.91 Å². The fraction of sp³-hybridized carbons (Fsp3) is 0.333. The van der Waals surface area contributed by atoms with E-state index in [1.54, 1.807) is 0 Å². The first-order valence-electron chi connectivity index (χ1n) is 9.33. The second-order valence-electron chi connectivity index (χ2n) is 6.88. The molecule has 2 N–H and O–H groups in total. The largest absolute Gasteiger partial charge is 0.352 e. The van der Waals surface area contributed by atoms with Crippen molar-refractivity contribution in [1.29, 1.82) is 0 Å². The van der Waals surface area contributed by atoms with E-state index in [-0.39, 0.29) is 30.7 Å². The van der Waals surface area contributed by atoms with Crippen molar-refractivity contribution in [2.75, 3.05) is 18.1 Å². The number of halogens is 2. The lowest BCUT2D eigenvalue weighted by Crippen LogP contribution is -2.41. The molecule has 156 valence electrons. The highest BCUT2D eigenvalue weighted by molar-refractivity contribution is 7.99. The molecule has 1 amide bonds. The Labute approximate surface area is 187 Å². The summed E-state index contributed by atoms with van der Waals surface area (Å²) >= 11 is 1.91. The van der Waals surface area contributed by atoms with E-state index in [9.17, 15) is 4.79 Å². The zero-order valence-electron chi connectivity index (χ0n) is 16.0. The maximum absolute atomic E-state index is 12.1. The molecule has 1 fully saturated rings. The van der Waals surface area contributed by atoms with E-state index in [4.69, 9.17) is 0 Å². The molecule has 8 heteroatoms. The average molecular weight is 453 g/mol. The Balaban J connectivity index is 0.00000150. The molecule has 0 spiro atoms. The van der Waals surface area contributed by atoms with Gasteiger partial charge in [0.1, 0.15) is 0 Å². The molecule has 0 aliphatic carbocycles. The van der Waals surface area contributed by atoms with Gasteiger partial charge in [-0.2, -0.15) is 11.8 Å². The van der Waals surface area contributed by atoms with Crippen molar-refractivity contribution in [1.82, 2.24) is 20.2 Å². The summed E-state index contributed by atoms with van der Waals surface area (Å²) in [5.41, 5.74) is 4.50. The van der Waals surface area contributed by atoms with Crippen molar-refractivity contribution in [3.8, 4) is 0 Å². The number of hydrogen-bond acceptors (Lipinski definition) is 4. The summed E-state index contributed by atoms with van der Waals surface area (Å²) in [6.07, 6.45) is 2.44. The van der Waals surface area contributed by atoms with Gasteiger partial charge in [-0.05, 0) is 23.3 Å². The van der Waals surface area contributed by atoms with Crippen LogP contribution in [0.3, 0.4) is 0 Å². The van der Waals surface area contributed by atoms with Crippen LogP contribution in [0.15, 0.2) is 54.9 Å². The maximum Gasteiger partial charge on any atom is 0.221 e. The minimum Gasteiger partial charge on any atom is -0.352 e. The van der Waals surface area contributed by atoms with E-state index >= 15 is 0 Å². The molecule has 0 saturated carbocycles. The highest BCUT2D eigenvalue weighted by Crippen LogP contribution is 2.15. The Bertz CT molecular complexity index is 910. The van der Waals surface area contributed by atoms with Crippen LogP contribution >= 0.6 is 36.6 Å². The lowest BCUT2D eigenvalue weighted by Gasteiger charge is -2.22. The van der Waals surface area contributed by atoms with E-state index in [1.807, 2.05) is 36.3 Å². The number of carbonyl (C=O) groups excluding carboxylic acids is 1. The number of benzene rings is 2. The number of hydrogen-bond donors (Lipinski definition) is 2. The van der Waals surface area contributed by atoms with E-state index in [0.29, 0.717) is 19.0 Å². The molecular weight excluding hydrogens is 427 g/mol. The fourth-order valence-electron chi connectivity index (χ4n) is 3.34. The second-order valence-corrected chi connectivity index (χ2v) is 8.03. The number of carbonyl (C=O) groups is 1. The minimum absolute atomic E-state index is 0. The third kappa shape index (κ3) is 6.37. The van der Waals surface area contributed by atoms with Crippen molar-refractivity contribution in [3.05, 3.63) is 66.0 Å². The zero-order valence-corrected chi connectivity index (χ0v) is 18.5. The van der Waals surface area contributed by atoms with E-state index in [1.165, 1.54) is 5.56 Å². The van der Waals surface area contributed by atoms with Gasteiger partial charge in [0.15, 0.2) is 0 Å². The number of para-hydroxylation sites is 2. The number of nitrogens with one attached hydrogen (secondary N) is 2. The highest BCUT2D eigenvalue weighted by Gasteiger charge is 2.16. The van der Waals surface area contributed by atoms with Crippen LogP contribution in [0.2, 0.25) is 0 Å². The molecule has 3 aromatic rings. The molecule has 2 aromatic carbocycles. The number of nitrogens with zero attached hydrogens (tertiary/aromatic N) is 2. The molecule has 0 radical (unpaired) electrons. The second kappa shape index (κ2) is 11.5. The third-order valence-corrected chi connectivity index (χ3v) is 5.95. The van der Waals surface area contributed by atoms with E-state index in [0.717, 1.165) is 41.2 Å². The lowest BCUT2D eigenvalue weighted by molar-refractivity contribution is -0.121. The zero-order chi connectivity index (χ0) is 18.5. The number of imidazole rings is 1. The first-order valence-corrected chi connectivity index (χ1v) is 10.5. The number of aromatic nitrogens is 2. The number of fused-ring (bicyclic) bond motifs is 1. The Morgan fingerprint density at radius 2 is 1.90 bits per heavy atom. The average Bonchev–Trinajstić information content (AvgIpc) is 3.11. The SMILES string of the molecule is Cl.Cl.O=C(CC1CSCCN1)NCc1ccc(Cn2cnc3ccccc32)cc1. The van der Waals surface area contributed by atoms with Crippen molar-refractivity contribution >= 4 is 53.5 Å². The summed E-state index contributed by atoms with van der Waals surface area (Å²) in [6.45, 7) is 2.36. The van der Waals surface area contributed by atoms with Crippen LogP contribution in [0.4, 0.5) is 0 Å². The summed E-state index contributed by atoms with van der Waals surface area (Å²) < 4.78 is 2.15. The van der Waals surface area contributed by atoms with E-state index in [2.05, 4.69) is 50.5 Å². The molecule has 1 saturated heterocycles. The highest BCUT2D eigenvalue weighted by atomic mass is 35.5. The topological polar surface area (TPSA) is 59.0 Å². The van der Waals surface area contributed by atoms with Crippen LogP contribution in [0.1, 0.15) is 17.5 Å². The Hall–Kier alpha value is -1.73. The molecule has 1 aromatic heterocycles. The summed E-state index contributed by atoms with van der Waals surface area (Å²) in [5.74, 6) is 2.27. The Morgan fingerprint density at radius 1 is 1.14 bits per heavy atom. The fourth-order valence-corrected chi connectivity index (χ4v) is 4.29. The van der Waals surface area contributed by atoms with Crippen molar-refractivity contribution in [2.24, 2.45) is 0 Å². The number of rotatable bonds is 6. The summed E-state index contributed by atoms with van der Waals surface area (Å²) in [4.78, 5) is 16.6. The summed E-state index contributed by atoms with van der Waals surface area (Å²) in [6, 6.07) is 16.9.